The van der Waals surface area contributed by atoms with Crippen molar-refractivity contribution in [3.05, 3.63) is 16.0 Å². The van der Waals surface area contributed by atoms with Gasteiger partial charge in [-0.05, 0) is 0 Å². The number of carbonyl (C=O) groups is 1. The number of aromatic nitrogens is 4. The van der Waals surface area contributed by atoms with Gasteiger partial charge in [0.2, 0.25) is 23.2 Å². The van der Waals surface area contributed by atoms with Crippen LogP contribution in [0.15, 0.2) is 4.79 Å². The van der Waals surface area contributed by atoms with Crippen molar-refractivity contribution in [2.75, 3.05) is 38.3 Å². The predicted molar refractivity (Wildman–Crippen MR) is 69.6 cm³/mol. The first-order valence-electron chi connectivity index (χ1n) is 6.25. The smallest absolute Gasteiger partial charge is 0.360 e. The molecule has 0 bridgehead atoms. The van der Waals surface area contributed by atoms with Crippen molar-refractivity contribution in [2.24, 2.45) is 0 Å². The van der Waals surface area contributed by atoms with Gasteiger partial charge in [0.25, 0.3) is 5.56 Å². The minimum absolute atomic E-state index is 0.0553. The van der Waals surface area contributed by atoms with Crippen LogP contribution >= 0.6 is 0 Å². The van der Waals surface area contributed by atoms with Crippen LogP contribution in [0.4, 0.5) is 5.95 Å². The van der Waals surface area contributed by atoms with E-state index in [0.29, 0.717) is 32.3 Å². The first kappa shape index (κ1) is 13.4. The molecule has 10 nitrogen and oxygen atoms in total. The van der Waals surface area contributed by atoms with Gasteiger partial charge in [-0.2, -0.15) is 9.50 Å². The number of aromatic amines is 1. The number of morpholine rings is 1. The van der Waals surface area contributed by atoms with Crippen LogP contribution in [0.3, 0.4) is 0 Å². The summed E-state index contributed by atoms with van der Waals surface area (Å²) in [4.78, 5) is 31.7. The average molecular weight is 295 g/mol. The van der Waals surface area contributed by atoms with E-state index in [1.165, 1.54) is 0 Å². The highest BCUT2D eigenvalue weighted by Gasteiger charge is 2.24. The molecule has 112 valence electrons. The Balaban J connectivity index is 2.16. The zero-order valence-electron chi connectivity index (χ0n) is 11.2. The fourth-order valence-electron chi connectivity index (χ4n) is 2.08. The van der Waals surface area contributed by atoms with Crippen LogP contribution in [0, 0.1) is 0 Å². The normalized spacial score (nSPS) is 15.4. The molecule has 2 aromatic rings. The van der Waals surface area contributed by atoms with Crippen molar-refractivity contribution >= 4 is 17.7 Å². The maximum atomic E-state index is 11.7. The quantitative estimate of drug-likeness (QED) is 0.659. The number of hydrogen-bond acceptors (Lipinski definition) is 8. The lowest BCUT2D eigenvalue weighted by molar-refractivity contribution is 0.0586. The molecule has 1 aliphatic rings. The summed E-state index contributed by atoms with van der Waals surface area (Å²) in [6.45, 7) is 2.28. The molecule has 0 radical (unpaired) electrons. The maximum Gasteiger partial charge on any atom is 0.360 e. The largest absolute Gasteiger partial charge is 0.501 e. The summed E-state index contributed by atoms with van der Waals surface area (Å²) in [6.07, 6.45) is 0. The van der Waals surface area contributed by atoms with Crippen molar-refractivity contribution in [3.8, 4) is 5.75 Å². The molecule has 2 aromatic heterocycles. The van der Waals surface area contributed by atoms with Gasteiger partial charge in [-0.3, -0.25) is 9.78 Å². The number of fused-ring (bicyclic) bond motifs is 1. The number of aromatic hydroxyl groups is 1. The third kappa shape index (κ3) is 2.18. The van der Waals surface area contributed by atoms with Gasteiger partial charge in [0.05, 0.1) is 20.3 Å². The molecule has 0 atom stereocenters. The fourth-order valence-corrected chi connectivity index (χ4v) is 2.08. The lowest BCUT2D eigenvalue weighted by Crippen LogP contribution is -2.37. The number of methoxy groups -OCH3 is 1. The van der Waals surface area contributed by atoms with Gasteiger partial charge in [0, 0.05) is 13.1 Å². The number of nitrogens with zero attached hydrogens (tertiary/aromatic N) is 4. The molecule has 1 aliphatic heterocycles. The topological polar surface area (TPSA) is 122 Å². The van der Waals surface area contributed by atoms with Crippen molar-refractivity contribution < 1.29 is 19.4 Å². The third-order valence-corrected chi connectivity index (χ3v) is 3.15. The molecule has 1 fully saturated rings. The van der Waals surface area contributed by atoms with Crippen LogP contribution in [0.1, 0.15) is 10.5 Å². The minimum Gasteiger partial charge on any atom is -0.501 e. The number of H-pyrrole nitrogens is 1. The number of esters is 1. The van der Waals surface area contributed by atoms with E-state index in [0.717, 1.165) is 11.6 Å². The molecule has 0 saturated carbocycles. The molecule has 0 unspecified atom stereocenters. The van der Waals surface area contributed by atoms with Crippen molar-refractivity contribution in [2.45, 2.75) is 0 Å². The first-order chi connectivity index (χ1) is 10.1. The molecule has 0 aromatic carbocycles. The highest BCUT2D eigenvalue weighted by atomic mass is 16.5. The second-order valence-electron chi connectivity index (χ2n) is 4.39. The highest BCUT2D eigenvalue weighted by molar-refractivity contribution is 5.90. The number of anilines is 1. The number of rotatable bonds is 2. The molecule has 2 N–H and O–H groups in total. The Morgan fingerprint density at radius 3 is 2.81 bits per heavy atom. The summed E-state index contributed by atoms with van der Waals surface area (Å²) < 4.78 is 10.9. The Labute approximate surface area is 117 Å². The third-order valence-electron chi connectivity index (χ3n) is 3.15. The molecular formula is C11H13N5O5. The van der Waals surface area contributed by atoms with Gasteiger partial charge in [-0.1, -0.05) is 0 Å². The molecule has 21 heavy (non-hydrogen) atoms. The summed E-state index contributed by atoms with van der Waals surface area (Å²) >= 11 is 0. The molecule has 0 spiro atoms. The van der Waals surface area contributed by atoms with Crippen LogP contribution in [0.25, 0.3) is 5.78 Å². The minimum atomic E-state index is -0.873. The lowest BCUT2D eigenvalue weighted by atomic mass is 10.4. The van der Waals surface area contributed by atoms with Gasteiger partial charge in [-0.15, -0.1) is 5.10 Å². The molecule has 1 saturated heterocycles. The molecular weight excluding hydrogens is 282 g/mol. The van der Waals surface area contributed by atoms with Crippen LogP contribution < -0.4 is 10.5 Å². The number of nitrogens with one attached hydrogen (secondary N) is 1. The van der Waals surface area contributed by atoms with Crippen LogP contribution in [-0.2, 0) is 9.47 Å². The van der Waals surface area contributed by atoms with E-state index in [1.54, 1.807) is 0 Å². The summed E-state index contributed by atoms with van der Waals surface area (Å²) in [7, 11) is 1.15. The molecule has 0 amide bonds. The summed E-state index contributed by atoms with van der Waals surface area (Å²) in [5.74, 6) is -1.24. The zero-order valence-corrected chi connectivity index (χ0v) is 11.2. The van der Waals surface area contributed by atoms with Gasteiger partial charge in [-0.25, -0.2) is 4.79 Å². The van der Waals surface area contributed by atoms with Crippen LogP contribution in [0.5, 0.6) is 5.75 Å². The number of ether oxygens (including phenoxy) is 2. The standard InChI is InChI=1S/C11H13N5O5/c1-20-9(19)6-7(17)8(18)12-10-13-11(14-16(6)10)15-2-4-21-5-3-15/h17H,2-5H2,1H3,(H,12,13,14,18). The van der Waals surface area contributed by atoms with Crippen molar-refractivity contribution in [1.82, 2.24) is 19.6 Å². The Morgan fingerprint density at radius 1 is 1.43 bits per heavy atom. The summed E-state index contributed by atoms with van der Waals surface area (Å²) in [6, 6.07) is 0. The van der Waals surface area contributed by atoms with E-state index >= 15 is 0 Å². The second kappa shape index (κ2) is 5.05. The van der Waals surface area contributed by atoms with Gasteiger partial charge in [0.1, 0.15) is 0 Å². The van der Waals surface area contributed by atoms with E-state index < -0.39 is 17.3 Å². The molecule has 0 aliphatic carbocycles. The van der Waals surface area contributed by atoms with Crippen molar-refractivity contribution in [1.29, 1.82) is 0 Å². The Hall–Kier alpha value is -2.62. The average Bonchev–Trinajstić information content (AvgIpc) is 2.92. The number of hydrogen-bond donors (Lipinski definition) is 2. The van der Waals surface area contributed by atoms with Crippen LogP contribution in [0.2, 0.25) is 0 Å². The van der Waals surface area contributed by atoms with E-state index in [4.69, 9.17) is 4.74 Å². The van der Waals surface area contributed by atoms with Crippen molar-refractivity contribution in [3.63, 3.8) is 0 Å². The van der Waals surface area contributed by atoms with E-state index in [9.17, 15) is 14.7 Å². The Kier molecular flexibility index (Phi) is 3.22. The van der Waals surface area contributed by atoms with E-state index in [1.807, 2.05) is 4.90 Å². The SMILES string of the molecule is COC(=O)c1c(O)c(=O)[nH]c2nc(N3CCOCC3)nn12. The van der Waals surface area contributed by atoms with E-state index in [-0.39, 0.29) is 11.5 Å². The molecule has 10 heteroatoms. The highest BCUT2D eigenvalue weighted by Crippen LogP contribution is 2.16. The first-order valence-corrected chi connectivity index (χ1v) is 6.25. The molecule has 3 rings (SSSR count). The maximum absolute atomic E-state index is 11.7. The summed E-state index contributed by atoms with van der Waals surface area (Å²) in [5.41, 5.74) is -1.19. The second-order valence-corrected chi connectivity index (χ2v) is 4.39. The Morgan fingerprint density at radius 2 is 2.14 bits per heavy atom. The van der Waals surface area contributed by atoms with Crippen LogP contribution in [-0.4, -0.2) is 64.1 Å². The monoisotopic (exact) mass is 295 g/mol. The summed E-state index contributed by atoms with van der Waals surface area (Å²) in [5, 5.41) is 13.9. The lowest BCUT2D eigenvalue weighted by Gasteiger charge is -2.25. The van der Waals surface area contributed by atoms with Gasteiger partial charge < -0.3 is 19.5 Å². The Bertz CT molecular complexity index is 745. The number of carbonyl (C=O) groups excluding carboxylic acids is 1. The fraction of sp³-hybridized carbons (Fsp3) is 0.455. The van der Waals surface area contributed by atoms with Gasteiger partial charge in [0.15, 0.2) is 0 Å². The predicted octanol–water partition coefficient (Wildman–Crippen LogP) is -1.25. The molecule has 3 heterocycles. The zero-order chi connectivity index (χ0) is 15.0. The van der Waals surface area contributed by atoms with Gasteiger partial charge >= 0.3 is 5.97 Å². The van der Waals surface area contributed by atoms with E-state index in [2.05, 4.69) is 19.8 Å².